The van der Waals surface area contributed by atoms with Crippen LogP contribution in [0, 0.1) is 11.3 Å². The number of cyclic esters (lactones) is 1. The smallest absolute Gasteiger partial charge is 0.414 e. The lowest BCUT2D eigenvalue weighted by molar-refractivity contribution is -0.139. The number of ether oxygens (including phenoxy) is 4. The van der Waals surface area contributed by atoms with E-state index in [1.165, 1.54) is 0 Å². The van der Waals surface area contributed by atoms with Crippen molar-refractivity contribution in [1.82, 2.24) is 4.90 Å². The van der Waals surface area contributed by atoms with Gasteiger partial charge in [-0.3, -0.25) is 20.0 Å². The zero-order chi connectivity index (χ0) is 29.7. The lowest BCUT2D eigenvalue weighted by Crippen LogP contribution is -2.74. The number of anilines is 3. The number of esters is 1. The lowest BCUT2D eigenvalue weighted by Gasteiger charge is -2.53. The molecule has 2 unspecified atom stereocenters. The number of piperidine rings is 1. The minimum atomic E-state index is -1.48. The summed E-state index contributed by atoms with van der Waals surface area (Å²) in [6, 6.07) is 14.4. The Bertz CT molecular complexity index is 1300. The minimum absolute atomic E-state index is 0.126. The normalized spacial score (nSPS) is 23.2. The van der Waals surface area contributed by atoms with Crippen molar-refractivity contribution in [1.29, 1.82) is 5.41 Å². The maximum atomic E-state index is 14.8. The van der Waals surface area contributed by atoms with Gasteiger partial charge < -0.3 is 29.2 Å². The number of benzene rings is 2. The second-order valence-electron chi connectivity index (χ2n) is 10.3. The standard InChI is InChI=1S/C30H37N5O7/c1-3-41-27(36)26(31)25-13-15-34(22-7-9-23(10-8-22)35-14-4-18-42-29(35)38)28(37)30(25,33-16-19-40-20-17-33)32-21-5-11-24(39-2)12-6-21/h5-12,25,31-32H,3-4,13-20H2,1-2H3. The predicted octanol–water partition coefficient (Wildman–Crippen LogP) is 3.12. The van der Waals surface area contributed by atoms with E-state index in [9.17, 15) is 14.4 Å². The van der Waals surface area contributed by atoms with Gasteiger partial charge in [-0.1, -0.05) is 0 Å². The summed E-state index contributed by atoms with van der Waals surface area (Å²) in [5.41, 5.74) is 0.236. The van der Waals surface area contributed by atoms with Crippen molar-refractivity contribution in [2.75, 3.05) is 74.8 Å². The van der Waals surface area contributed by atoms with E-state index < -0.39 is 23.6 Å². The zero-order valence-corrected chi connectivity index (χ0v) is 24.0. The van der Waals surface area contributed by atoms with E-state index >= 15 is 0 Å². The summed E-state index contributed by atoms with van der Waals surface area (Å²) in [5, 5.41) is 12.4. The van der Waals surface area contributed by atoms with Crippen molar-refractivity contribution in [2.24, 2.45) is 5.92 Å². The number of carbonyl (C=O) groups is 3. The highest BCUT2D eigenvalue weighted by Gasteiger charge is 2.58. The van der Waals surface area contributed by atoms with Gasteiger partial charge in [-0.25, -0.2) is 9.59 Å². The van der Waals surface area contributed by atoms with Gasteiger partial charge in [-0.05, 0) is 68.3 Å². The summed E-state index contributed by atoms with van der Waals surface area (Å²) >= 11 is 0. The molecular weight excluding hydrogens is 542 g/mol. The van der Waals surface area contributed by atoms with E-state index in [4.69, 9.17) is 24.4 Å². The molecule has 0 spiro atoms. The molecule has 0 aromatic heterocycles. The van der Waals surface area contributed by atoms with Crippen LogP contribution in [0.25, 0.3) is 0 Å². The molecule has 5 rings (SSSR count). The van der Waals surface area contributed by atoms with Gasteiger partial charge >= 0.3 is 12.1 Å². The number of hydrogen-bond acceptors (Lipinski definition) is 10. The number of nitrogens with one attached hydrogen (secondary N) is 2. The van der Waals surface area contributed by atoms with Crippen LogP contribution in [0.1, 0.15) is 19.8 Å². The molecule has 2 aromatic carbocycles. The van der Waals surface area contributed by atoms with Gasteiger partial charge in [0.1, 0.15) is 11.5 Å². The minimum Gasteiger partial charge on any atom is -0.497 e. The summed E-state index contributed by atoms with van der Waals surface area (Å²) < 4.78 is 21.3. The summed E-state index contributed by atoms with van der Waals surface area (Å²) in [5.74, 6) is -1.18. The molecule has 0 aliphatic carbocycles. The number of morpholine rings is 1. The number of nitrogens with zero attached hydrogens (tertiary/aromatic N) is 3. The Balaban J connectivity index is 1.55. The third-order valence-electron chi connectivity index (χ3n) is 7.94. The molecule has 2 aromatic rings. The van der Waals surface area contributed by atoms with E-state index in [-0.39, 0.29) is 24.8 Å². The highest BCUT2D eigenvalue weighted by molar-refractivity contribution is 6.37. The molecule has 0 bridgehead atoms. The van der Waals surface area contributed by atoms with Crippen molar-refractivity contribution in [3.8, 4) is 5.75 Å². The van der Waals surface area contributed by atoms with E-state index in [0.717, 1.165) is 6.42 Å². The van der Waals surface area contributed by atoms with Crippen LogP contribution in [0.5, 0.6) is 5.75 Å². The molecule has 2 amide bonds. The SMILES string of the molecule is CCOC(=O)C(=N)C1CCN(c2ccc(N3CCCOC3=O)cc2)C(=O)C1(Nc1ccc(OC)cc1)N1CCOCC1. The molecule has 2 atom stereocenters. The number of methoxy groups -OCH3 is 1. The fraction of sp³-hybridized carbons (Fsp3) is 0.467. The van der Waals surface area contributed by atoms with Crippen LogP contribution in [0.15, 0.2) is 48.5 Å². The zero-order valence-electron chi connectivity index (χ0n) is 24.0. The van der Waals surface area contributed by atoms with Gasteiger partial charge in [0.25, 0.3) is 5.91 Å². The molecule has 224 valence electrons. The Morgan fingerprint density at radius 1 is 0.976 bits per heavy atom. The second-order valence-corrected chi connectivity index (χ2v) is 10.3. The third kappa shape index (κ3) is 5.64. The van der Waals surface area contributed by atoms with Crippen LogP contribution in [0.3, 0.4) is 0 Å². The highest BCUT2D eigenvalue weighted by atomic mass is 16.6. The van der Waals surface area contributed by atoms with Crippen LogP contribution in [-0.2, 0) is 23.8 Å². The van der Waals surface area contributed by atoms with Crippen LogP contribution in [0.2, 0.25) is 0 Å². The maximum absolute atomic E-state index is 14.8. The van der Waals surface area contributed by atoms with Gasteiger partial charge in [-0.15, -0.1) is 0 Å². The Labute approximate surface area is 244 Å². The van der Waals surface area contributed by atoms with Gasteiger partial charge in [-0.2, -0.15) is 0 Å². The molecule has 42 heavy (non-hydrogen) atoms. The van der Waals surface area contributed by atoms with Crippen LogP contribution < -0.4 is 19.9 Å². The first-order valence-corrected chi connectivity index (χ1v) is 14.3. The molecule has 12 nitrogen and oxygen atoms in total. The number of amides is 2. The first kappa shape index (κ1) is 29.3. The Morgan fingerprint density at radius 2 is 1.64 bits per heavy atom. The maximum Gasteiger partial charge on any atom is 0.414 e. The highest BCUT2D eigenvalue weighted by Crippen LogP contribution is 2.39. The molecular formula is C30H37N5O7. The molecule has 3 aliphatic heterocycles. The summed E-state index contributed by atoms with van der Waals surface area (Å²) in [6.07, 6.45) is 0.688. The van der Waals surface area contributed by atoms with Crippen LogP contribution in [-0.4, -0.2) is 94.0 Å². The Kier molecular flexibility index (Phi) is 8.93. The van der Waals surface area contributed by atoms with Crippen LogP contribution >= 0.6 is 0 Å². The summed E-state index contributed by atoms with van der Waals surface area (Å²) in [6.45, 7) is 4.72. The average molecular weight is 580 g/mol. The molecule has 0 saturated carbocycles. The van der Waals surface area contributed by atoms with Gasteiger partial charge in [0, 0.05) is 43.2 Å². The van der Waals surface area contributed by atoms with Crippen molar-refractivity contribution < 1.29 is 33.3 Å². The molecule has 3 fully saturated rings. The molecule has 3 aliphatic rings. The van der Waals surface area contributed by atoms with E-state index in [0.29, 0.717) is 68.7 Å². The number of hydrogen-bond donors (Lipinski definition) is 2. The number of rotatable bonds is 9. The monoisotopic (exact) mass is 579 g/mol. The van der Waals surface area contributed by atoms with Gasteiger partial charge in [0.05, 0.1) is 39.5 Å². The predicted molar refractivity (Wildman–Crippen MR) is 156 cm³/mol. The molecule has 0 radical (unpaired) electrons. The van der Waals surface area contributed by atoms with Crippen molar-refractivity contribution >= 4 is 40.7 Å². The quantitative estimate of drug-likeness (QED) is 0.340. The lowest BCUT2D eigenvalue weighted by atomic mass is 9.78. The fourth-order valence-electron chi connectivity index (χ4n) is 5.86. The molecule has 3 saturated heterocycles. The Hall–Kier alpha value is -4.16. The molecule has 12 heteroatoms. The van der Waals surface area contributed by atoms with E-state index in [2.05, 4.69) is 5.32 Å². The van der Waals surface area contributed by atoms with E-state index in [1.54, 1.807) is 48.1 Å². The summed E-state index contributed by atoms with van der Waals surface area (Å²) in [4.78, 5) is 45.2. The fourth-order valence-corrected chi connectivity index (χ4v) is 5.86. The average Bonchev–Trinajstić information content (AvgIpc) is 3.03. The number of carbonyl (C=O) groups excluding carboxylic acids is 3. The molecule has 3 heterocycles. The van der Waals surface area contributed by atoms with Crippen molar-refractivity contribution in [2.45, 2.75) is 25.4 Å². The third-order valence-corrected chi connectivity index (χ3v) is 7.94. The van der Waals surface area contributed by atoms with Crippen LogP contribution in [0.4, 0.5) is 21.9 Å². The van der Waals surface area contributed by atoms with Crippen molar-refractivity contribution in [3.63, 3.8) is 0 Å². The topological polar surface area (TPSA) is 134 Å². The van der Waals surface area contributed by atoms with Gasteiger partial charge in [0.2, 0.25) is 0 Å². The first-order chi connectivity index (χ1) is 20.4. The first-order valence-electron chi connectivity index (χ1n) is 14.3. The van der Waals surface area contributed by atoms with E-state index in [1.807, 2.05) is 29.2 Å². The Morgan fingerprint density at radius 3 is 2.26 bits per heavy atom. The second kappa shape index (κ2) is 12.8. The van der Waals surface area contributed by atoms with Crippen molar-refractivity contribution in [3.05, 3.63) is 48.5 Å². The largest absolute Gasteiger partial charge is 0.497 e. The molecule has 2 N–H and O–H groups in total. The summed E-state index contributed by atoms with van der Waals surface area (Å²) in [7, 11) is 1.58. The van der Waals surface area contributed by atoms with Gasteiger partial charge in [0.15, 0.2) is 5.66 Å².